The van der Waals surface area contributed by atoms with Gasteiger partial charge in [0.25, 0.3) is 0 Å². The van der Waals surface area contributed by atoms with E-state index in [1.165, 1.54) is 0 Å². The van der Waals surface area contributed by atoms with Gasteiger partial charge in [-0.25, -0.2) is 0 Å². The van der Waals surface area contributed by atoms with E-state index >= 15 is 0 Å². The molecule has 19 heavy (non-hydrogen) atoms. The predicted molar refractivity (Wildman–Crippen MR) is 73.7 cm³/mol. The molecule has 0 fully saturated rings. The molecule has 3 rings (SSSR count). The number of nitrogens with one attached hydrogen (secondary N) is 1. The minimum Gasteiger partial charge on any atom is -0.480 e. The number of nitrogens with zero attached hydrogens (tertiary/aromatic N) is 2. The van der Waals surface area contributed by atoms with E-state index in [0.29, 0.717) is 5.88 Å². The number of thiazole rings is 1. The highest BCUT2D eigenvalue weighted by Crippen LogP contribution is 2.22. The molecule has 0 spiro atoms. The summed E-state index contributed by atoms with van der Waals surface area (Å²) in [4.78, 5) is 5.38. The van der Waals surface area contributed by atoms with Crippen LogP contribution in [0, 0.1) is 0 Å². The summed E-state index contributed by atoms with van der Waals surface area (Å²) in [6, 6.07) is 3.89. The first kappa shape index (κ1) is 12.3. The molecule has 0 radical (unpaired) electrons. The molecule has 1 N–H and O–H groups in total. The van der Waals surface area contributed by atoms with Crippen LogP contribution in [0.5, 0.6) is 5.88 Å². The Balaban J connectivity index is 1.62. The third kappa shape index (κ3) is 2.50. The van der Waals surface area contributed by atoms with Gasteiger partial charge < -0.3 is 14.5 Å². The van der Waals surface area contributed by atoms with Gasteiger partial charge in [0.15, 0.2) is 4.96 Å². The van der Waals surface area contributed by atoms with Gasteiger partial charge in [-0.2, -0.15) is 4.98 Å². The summed E-state index contributed by atoms with van der Waals surface area (Å²) in [6.45, 7) is 1.58. The molecule has 0 saturated heterocycles. The monoisotopic (exact) mass is 277 g/mol. The predicted octanol–water partition coefficient (Wildman–Crippen LogP) is 2.33. The van der Waals surface area contributed by atoms with Gasteiger partial charge >= 0.3 is 0 Å². The maximum Gasteiger partial charge on any atom is 0.237 e. The number of hydrogen-bond acceptors (Lipinski definition) is 5. The Morgan fingerprint density at radius 3 is 3.26 bits per heavy atom. The van der Waals surface area contributed by atoms with E-state index in [0.717, 1.165) is 35.9 Å². The first-order valence-electron chi connectivity index (χ1n) is 6.10. The molecule has 3 aromatic heterocycles. The molecule has 0 saturated carbocycles. The Labute approximate surface area is 114 Å². The van der Waals surface area contributed by atoms with Crippen LogP contribution in [-0.2, 0) is 13.0 Å². The molecule has 0 aliphatic heterocycles. The number of aromatic nitrogens is 2. The first-order valence-corrected chi connectivity index (χ1v) is 6.98. The van der Waals surface area contributed by atoms with Gasteiger partial charge in [-0.3, -0.25) is 4.40 Å². The van der Waals surface area contributed by atoms with E-state index in [-0.39, 0.29) is 0 Å². The van der Waals surface area contributed by atoms with E-state index in [1.807, 2.05) is 23.7 Å². The zero-order valence-electron chi connectivity index (χ0n) is 10.6. The molecule has 0 aromatic carbocycles. The van der Waals surface area contributed by atoms with Crippen molar-refractivity contribution in [3.8, 4) is 5.88 Å². The number of methoxy groups -OCH3 is 1. The van der Waals surface area contributed by atoms with E-state index in [1.54, 1.807) is 24.7 Å². The molecular formula is C13H15N3O2S. The number of rotatable bonds is 6. The third-order valence-electron chi connectivity index (χ3n) is 2.94. The van der Waals surface area contributed by atoms with Gasteiger partial charge in [-0.15, -0.1) is 11.3 Å². The van der Waals surface area contributed by atoms with Crippen LogP contribution in [0.3, 0.4) is 0 Å². The van der Waals surface area contributed by atoms with Gasteiger partial charge in [0, 0.05) is 31.1 Å². The molecule has 0 aliphatic carbocycles. The van der Waals surface area contributed by atoms with Gasteiger partial charge in [0.2, 0.25) is 5.88 Å². The molecule has 100 valence electrons. The lowest BCUT2D eigenvalue weighted by molar-refractivity contribution is 0.392. The van der Waals surface area contributed by atoms with Crippen molar-refractivity contribution in [2.24, 2.45) is 0 Å². The van der Waals surface area contributed by atoms with Crippen molar-refractivity contribution in [3.05, 3.63) is 41.4 Å². The molecule has 6 heteroatoms. The number of fused-ring (bicyclic) bond motifs is 1. The van der Waals surface area contributed by atoms with Crippen LogP contribution in [-0.4, -0.2) is 23.0 Å². The topological polar surface area (TPSA) is 51.7 Å². The Hall–Kier alpha value is -1.79. The van der Waals surface area contributed by atoms with E-state index in [4.69, 9.17) is 9.15 Å². The van der Waals surface area contributed by atoms with Crippen LogP contribution in [0.1, 0.15) is 11.5 Å². The summed E-state index contributed by atoms with van der Waals surface area (Å²) in [6.07, 6.45) is 4.59. The zero-order chi connectivity index (χ0) is 13.1. The van der Waals surface area contributed by atoms with Crippen molar-refractivity contribution >= 4 is 16.3 Å². The molecule has 0 bridgehead atoms. The molecular weight excluding hydrogens is 262 g/mol. The lowest BCUT2D eigenvalue weighted by atomic mass is 10.3. The Bertz CT molecular complexity index is 642. The highest BCUT2D eigenvalue weighted by atomic mass is 32.1. The lowest BCUT2D eigenvalue weighted by Crippen LogP contribution is -2.17. The molecule has 0 aliphatic rings. The van der Waals surface area contributed by atoms with E-state index in [2.05, 4.69) is 14.7 Å². The van der Waals surface area contributed by atoms with Gasteiger partial charge in [-0.05, 0) is 12.1 Å². The maximum absolute atomic E-state index is 5.31. The second-order valence-electron chi connectivity index (χ2n) is 4.13. The summed E-state index contributed by atoms with van der Waals surface area (Å²) in [5, 5.41) is 5.41. The molecule has 5 nitrogen and oxygen atoms in total. The Morgan fingerprint density at radius 1 is 1.53 bits per heavy atom. The maximum atomic E-state index is 5.31. The first-order chi connectivity index (χ1) is 9.38. The van der Waals surface area contributed by atoms with Crippen LogP contribution < -0.4 is 10.1 Å². The fraction of sp³-hybridized carbons (Fsp3) is 0.308. The van der Waals surface area contributed by atoms with E-state index in [9.17, 15) is 0 Å². The number of ether oxygens (including phenoxy) is 1. The fourth-order valence-corrected chi connectivity index (χ4v) is 2.73. The van der Waals surface area contributed by atoms with E-state index < -0.39 is 0 Å². The van der Waals surface area contributed by atoms with Crippen molar-refractivity contribution in [2.75, 3.05) is 13.7 Å². The van der Waals surface area contributed by atoms with Crippen LogP contribution in [0.4, 0.5) is 0 Å². The Kier molecular flexibility index (Phi) is 3.52. The van der Waals surface area contributed by atoms with Crippen molar-refractivity contribution in [2.45, 2.75) is 13.0 Å². The van der Waals surface area contributed by atoms with Crippen LogP contribution in [0.2, 0.25) is 0 Å². The summed E-state index contributed by atoms with van der Waals surface area (Å²) in [5.74, 6) is 1.69. The summed E-state index contributed by atoms with van der Waals surface area (Å²) >= 11 is 1.60. The minimum atomic E-state index is 0.692. The summed E-state index contributed by atoms with van der Waals surface area (Å²) in [5.41, 5.74) is 1.05. The van der Waals surface area contributed by atoms with Crippen LogP contribution in [0.15, 0.2) is 34.4 Å². The molecule has 0 unspecified atom stereocenters. The largest absolute Gasteiger partial charge is 0.480 e. The molecule has 0 amide bonds. The SMILES string of the molecule is COc1nc2sccn2c1CNCCc1ccco1. The number of furan rings is 1. The van der Waals surface area contributed by atoms with Gasteiger partial charge in [0.1, 0.15) is 11.5 Å². The number of hydrogen-bond donors (Lipinski definition) is 1. The molecule has 3 aromatic rings. The minimum absolute atomic E-state index is 0.692. The van der Waals surface area contributed by atoms with Crippen LogP contribution in [0.25, 0.3) is 4.96 Å². The lowest BCUT2D eigenvalue weighted by Gasteiger charge is -2.04. The van der Waals surface area contributed by atoms with Crippen molar-refractivity contribution < 1.29 is 9.15 Å². The smallest absolute Gasteiger partial charge is 0.237 e. The molecule has 3 heterocycles. The van der Waals surface area contributed by atoms with Crippen LogP contribution >= 0.6 is 11.3 Å². The average Bonchev–Trinajstić information content (AvgIpc) is 3.12. The zero-order valence-corrected chi connectivity index (χ0v) is 11.4. The second-order valence-corrected chi connectivity index (χ2v) is 5.00. The Morgan fingerprint density at radius 2 is 2.47 bits per heavy atom. The normalized spacial score (nSPS) is 11.2. The average molecular weight is 277 g/mol. The van der Waals surface area contributed by atoms with Gasteiger partial charge in [-0.1, -0.05) is 0 Å². The van der Waals surface area contributed by atoms with Crippen molar-refractivity contribution in [3.63, 3.8) is 0 Å². The van der Waals surface area contributed by atoms with Gasteiger partial charge in [0.05, 0.1) is 13.4 Å². The standard InChI is InChI=1S/C13H15N3O2S/c1-17-12-11(16-6-8-19-13(16)15-12)9-14-5-4-10-3-2-7-18-10/h2-3,6-8,14H,4-5,9H2,1H3. The summed E-state index contributed by atoms with van der Waals surface area (Å²) in [7, 11) is 1.65. The van der Waals surface area contributed by atoms with Crippen molar-refractivity contribution in [1.82, 2.24) is 14.7 Å². The van der Waals surface area contributed by atoms with Crippen molar-refractivity contribution in [1.29, 1.82) is 0 Å². The third-order valence-corrected chi connectivity index (χ3v) is 3.69. The summed E-state index contributed by atoms with van der Waals surface area (Å²) < 4.78 is 12.7. The highest BCUT2D eigenvalue weighted by molar-refractivity contribution is 7.15. The quantitative estimate of drug-likeness (QED) is 0.703. The molecule has 0 atom stereocenters. The second kappa shape index (κ2) is 5.46. The highest BCUT2D eigenvalue weighted by Gasteiger charge is 2.12. The fourth-order valence-electron chi connectivity index (χ4n) is 2.01. The number of imidazole rings is 1.